The maximum Gasteiger partial charge on any atom is 0.258 e. The van der Waals surface area contributed by atoms with Gasteiger partial charge in [0.2, 0.25) is 0 Å². The molecule has 0 aliphatic carbocycles. The van der Waals surface area contributed by atoms with E-state index in [1.54, 1.807) is 6.07 Å². The SMILES string of the molecule is CCOc1cccc(C(C)NC(=O)COc2ccccc2OCc2ccccc2)c1. The van der Waals surface area contributed by atoms with E-state index in [4.69, 9.17) is 14.2 Å². The minimum atomic E-state index is -0.206. The highest BCUT2D eigenvalue weighted by molar-refractivity contribution is 5.78. The summed E-state index contributed by atoms with van der Waals surface area (Å²) in [5.74, 6) is 1.72. The second kappa shape index (κ2) is 10.9. The quantitative estimate of drug-likeness (QED) is 0.520. The summed E-state index contributed by atoms with van der Waals surface area (Å²) < 4.78 is 17.1. The fraction of sp³-hybridized carbons (Fsp3) is 0.240. The van der Waals surface area contributed by atoms with Crippen LogP contribution in [-0.2, 0) is 11.4 Å². The lowest BCUT2D eigenvalue weighted by Crippen LogP contribution is -2.31. The average molecular weight is 405 g/mol. The Kier molecular flexibility index (Phi) is 7.72. The van der Waals surface area contributed by atoms with Crippen molar-refractivity contribution in [3.8, 4) is 17.2 Å². The van der Waals surface area contributed by atoms with Crippen molar-refractivity contribution in [2.45, 2.75) is 26.5 Å². The van der Waals surface area contributed by atoms with Crippen molar-refractivity contribution < 1.29 is 19.0 Å². The van der Waals surface area contributed by atoms with Gasteiger partial charge < -0.3 is 19.5 Å². The van der Waals surface area contributed by atoms with E-state index in [1.165, 1.54) is 0 Å². The van der Waals surface area contributed by atoms with Gasteiger partial charge in [-0.3, -0.25) is 4.79 Å². The molecule has 0 saturated carbocycles. The number of para-hydroxylation sites is 2. The van der Waals surface area contributed by atoms with Gasteiger partial charge in [0.25, 0.3) is 5.91 Å². The van der Waals surface area contributed by atoms with Crippen LogP contribution in [0.5, 0.6) is 17.2 Å². The molecule has 30 heavy (non-hydrogen) atoms. The third-order valence-corrected chi connectivity index (χ3v) is 4.49. The van der Waals surface area contributed by atoms with E-state index in [2.05, 4.69) is 5.32 Å². The molecule has 3 aromatic rings. The Balaban J connectivity index is 1.54. The molecule has 0 spiro atoms. The number of rotatable bonds is 10. The number of ether oxygens (including phenoxy) is 3. The normalized spacial score (nSPS) is 11.4. The predicted octanol–water partition coefficient (Wildman–Crippen LogP) is 4.92. The van der Waals surface area contributed by atoms with Crippen LogP contribution >= 0.6 is 0 Å². The summed E-state index contributed by atoms with van der Waals surface area (Å²) in [7, 11) is 0. The van der Waals surface area contributed by atoms with Gasteiger partial charge in [-0.15, -0.1) is 0 Å². The molecule has 0 heterocycles. The molecule has 0 fully saturated rings. The summed E-state index contributed by atoms with van der Waals surface area (Å²) in [6.07, 6.45) is 0. The number of benzene rings is 3. The van der Waals surface area contributed by atoms with Crippen LogP contribution in [0.1, 0.15) is 31.0 Å². The molecule has 3 rings (SSSR count). The van der Waals surface area contributed by atoms with Gasteiger partial charge >= 0.3 is 0 Å². The van der Waals surface area contributed by atoms with Crippen molar-refractivity contribution in [1.82, 2.24) is 5.32 Å². The Morgan fingerprint density at radius 1 is 0.867 bits per heavy atom. The lowest BCUT2D eigenvalue weighted by molar-refractivity contribution is -0.123. The predicted molar refractivity (Wildman–Crippen MR) is 117 cm³/mol. The van der Waals surface area contributed by atoms with Crippen molar-refractivity contribution in [3.63, 3.8) is 0 Å². The smallest absolute Gasteiger partial charge is 0.258 e. The topological polar surface area (TPSA) is 56.8 Å². The minimum absolute atomic E-state index is 0.0960. The number of nitrogens with one attached hydrogen (secondary N) is 1. The standard InChI is InChI=1S/C25H27NO4/c1-3-28-22-13-9-12-21(16-22)19(2)26-25(27)18-30-24-15-8-7-14-23(24)29-17-20-10-5-4-6-11-20/h4-16,19H,3,17-18H2,1-2H3,(H,26,27). The molecule has 0 bridgehead atoms. The third kappa shape index (κ3) is 6.27. The summed E-state index contributed by atoms with van der Waals surface area (Å²) in [5, 5.41) is 2.95. The maximum absolute atomic E-state index is 12.4. The highest BCUT2D eigenvalue weighted by atomic mass is 16.5. The monoisotopic (exact) mass is 405 g/mol. The molecule has 1 N–H and O–H groups in total. The molecule has 5 nitrogen and oxygen atoms in total. The van der Waals surface area contributed by atoms with Gasteiger partial charge in [0.05, 0.1) is 12.6 Å². The van der Waals surface area contributed by atoms with Crippen molar-refractivity contribution in [1.29, 1.82) is 0 Å². The van der Waals surface area contributed by atoms with Crippen LogP contribution in [0.2, 0.25) is 0 Å². The van der Waals surface area contributed by atoms with Gasteiger partial charge in [-0.25, -0.2) is 0 Å². The van der Waals surface area contributed by atoms with Crippen molar-refractivity contribution in [2.24, 2.45) is 0 Å². The summed E-state index contributed by atoms with van der Waals surface area (Å²) in [5.41, 5.74) is 2.04. The Labute approximate surface area is 177 Å². The van der Waals surface area contributed by atoms with E-state index in [0.29, 0.717) is 24.7 Å². The Hall–Kier alpha value is -3.47. The van der Waals surface area contributed by atoms with Crippen LogP contribution in [0.25, 0.3) is 0 Å². The first-order valence-corrected chi connectivity index (χ1v) is 10.1. The number of carbonyl (C=O) groups excluding carboxylic acids is 1. The molecular weight excluding hydrogens is 378 g/mol. The molecule has 156 valence electrons. The molecule has 1 amide bonds. The maximum atomic E-state index is 12.4. The summed E-state index contributed by atoms with van der Waals surface area (Å²) in [6.45, 7) is 4.81. The van der Waals surface area contributed by atoms with Crippen molar-refractivity contribution >= 4 is 5.91 Å². The van der Waals surface area contributed by atoms with Gasteiger partial charge in [0.1, 0.15) is 12.4 Å². The van der Waals surface area contributed by atoms with E-state index in [0.717, 1.165) is 16.9 Å². The van der Waals surface area contributed by atoms with Crippen LogP contribution in [-0.4, -0.2) is 19.1 Å². The molecule has 0 aliphatic rings. The fourth-order valence-corrected chi connectivity index (χ4v) is 2.97. The Morgan fingerprint density at radius 3 is 2.30 bits per heavy atom. The molecule has 1 unspecified atom stereocenters. The molecule has 0 aliphatic heterocycles. The van der Waals surface area contributed by atoms with Gasteiger partial charge in [0.15, 0.2) is 18.1 Å². The van der Waals surface area contributed by atoms with Gasteiger partial charge in [-0.05, 0) is 49.2 Å². The number of hydrogen-bond acceptors (Lipinski definition) is 4. The molecular formula is C25H27NO4. The summed E-state index contributed by atoms with van der Waals surface area (Å²) in [4.78, 5) is 12.4. The molecule has 0 radical (unpaired) electrons. The first-order chi connectivity index (χ1) is 14.7. The van der Waals surface area contributed by atoms with E-state index in [-0.39, 0.29) is 18.6 Å². The zero-order chi connectivity index (χ0) is 21.2. The van der Waals surface area contributed by atoms with Gasteiger partial charge in [-0.2, -0.15) is 0 Å². The van der Waals surface area contributed by atoms with E-state index in [9.17, 15) is 4.79 Å². The fourth-order valence-electron chi connectivity index (χ4n) is 2.97. The molecule has 1 atom stereocenters. The third-order valence-electron chi connectivity index (χ3n) is 4.49. The van der Waals surface area contributed by atoms with E-state index < -0.39 is 0 Å². The van der Waals surface area contributed by atoms with Crippen LogP contribution in [0.3, 0.4) is 0 Å². The van der Waals surface area contributed by atoms with Crippen LogP contribution in [0.15, 0.2) is 78.9 Å². The van der Waals surface area contributed by atoms with Gasteiger partial charge in [-0.1, -0.05) is 54.6 Å². The molecule has 0 saturated heterocycles. The molecule has 5 heteroatoms. The van der Waals surface area contributed by atoms with Crippen molar-refractivity contribution in [2.75, 3.05) is 13.2 Å². The van der Waals surface area contributed by atoms with E-state index >= 15 is 0 Å². The second-order valence-electron chi connectivity index (χ2n) is 6.80. The summed E-state index contributed by atoms with van der Waals surface area (Å²) in [6, 6.07) is 24.8. The molecule has 3 aromatic carbocycles. The Bertz CT molecular complexity index is 943. The minimum Gasteiger partial charge on any atom is -0.494 e. The highest BCUT2D eigenvalue weighted by Gasteiger charge is 2.12. The number of carbonyl (C=O) groups is 1. The lowest BCUT2D eigenvalue weighted by Gasteiger charge is -2.16. The molecule has 0 aromatic heterocycles. The Morgan fingerprint density at radius 2 is 1.57 bits per heavy atom. The largest absolute Gasteiger partial charge is 0.494 e. The van der Waals surface area contributed by atoms with Gasteiger partial charge in [0, 0.05) is 0 Å². The number of hydrogen-bond donors (Lipinski definition) is 1. The highest BCUT2D eigenvalue weighted by Crippen LogP contribution is 2.27. The van der Waals surface area contributed by atoms with Crippen LogP contribution < -0.4 is 19.5 Å². The first kappa shape index (κ1) is 21.2. The lowest BCUT2D eigenvalue weighted by atomic mass is 10.1. The average Bonchev–Trinajstić information content (AvgIpc) is 2.78. The van der Waals surface area contributed by atoms with Crippen LogP contribution in [0.4, 0.5) is 0 Å². The first-order valence-electron chi connectivity index (χ1n) is 10.1. The summed E-state index contributed by atoms with van der Waals surface area (Å²) >= 11 is 0. The number of amides is 1. The zero-order valence-electron chi connectivity index (χ0n) is 17.3. The second-order valence-corrected chi connectivity index (χ2v) is 6.80. The van der Waals surface area contributed by atoms with Crippen molar-refractivity contribution in [3.05, 3.63) is 90.0 Å². The van der Waals surface area contributed by atoms with Crippen LogP contribution in [0, 0.1) is 0 Å². The zero-order valence-corrected chi connectivity index (χ0v) is 17.3. The van der Waals surface area contributed by atoms with E-state index in [1.807, 2.05) is 86.6 Å².